The highest BCUT2D eigenvalue weighted by molar-refractivity contribution is 6.51. The Hall–Kier alpha value is -3.57. The molecule has 0 unspecified atom stereocenters. The van der Waals surface area contributed by atoms with Crippen LogP contribution in [-0.4, -0.2) is 21.9 Å². The van der Waals surface area contributed by atoms with Crippen LogP contribution in [0.15, 0.2) is 84.4 Å². The van der Waals surface area contributed by atoms with E-state index in [0.29, 0.717) is 21.8 Å². The van der Waals surface area contributed by atoms with Crippen LogP contribution in [0.4, 0.5) is 5.69 Å². The lowest BCUT2D eigenvalue weighted by molar-refractivity contribution is -0.132. The van der Waals surface area contributed by atoms with E-state index in [4.69, 9.17) is 11.6 Å². The van der Waals surface area contributed by atoms with Crippen LogP contribution in [0, 0.1) is 0 Å². The van der Waals surface area contributed by atoms with Crippen molar-refractivity contribution in [2.45, 2.75) is 6.04 Å². The van der Waals surface area contributed by atoms with Crippen LogP contribution in [0.3, 0.4) is 0 Å². The van der Waals surface area contributed by atoms with E-state index in [-0.39, 0.29) is 17.1 Å². The highest BCUT2D eigenvalue weighted by Gasteiger charge is 2.46. The van der Waals surface area contributed by atoms with Gasteiger partial charge in [0.05, 0.1) is 11.6 Å². The lowest BCUT2D eigenvalue weighted by atomic mass is 9.95. The Morgan fingerprint density at radius 2 is 1.59 bits per heavy atom. The zero-order valence-corrected chi connectivity index (χ0v) is 15.9. The number of aliphatic hydroxyl groups excluding tert-OH is 1. The van der Waals surface area contributed by atoms with E-state index in [2.05, 4.69) is 0 Å². The quantitative estimate of drug-likeness (QED) is 0.377. The third kappa shape index (κ3) is 3.37. The number of anilines is 1. The van der Waals surface area contributed by atoms with Crippen molar-refractivity contribution < 1.29 is 19.8 Å². The average Bonchev–Trinajstić information content (AvgIpc) is 2.99. The van der Waals surface area contributed by atoms with E-state index >= 15 is 0 Å². The number of rotatable bonds is 3. The summed E-state index contributed by atoms with van der Waals surface area (Å²) >= 11 is 6.10. The zero-order valence-electron chi connectivity index (χ0n) is 15.1. The van der Waals surface area contributed by atoms with Crippen molar-refractivity contribution in [2.75, 3.05) is 4.90 Å². The van der Waals surface area contributed by atoms with Gasteiger partial charge >= 0.3 is 0 Å². The highest BCUT2D eigenvalue weighted by Crippen LogP contribution is 2.42. The number of aromatic hydroxyl groups is 1. The molecule has 1 atom stereocenters. The molecule has 1 amide bonds. The summed E-state index contributed by atoms with van der Waals surface area (Å²) in [4.78, 5) is 27.2. The molecule has 0 radical (unpaired) electrons. The van der Waals surface area contributed by atoms with Gasteiger partial charge in [0.25, 0.3) is 11.7 Å². The number of carbonyl (C=O) groups is 2. The minimum absolute atomic E-state index is 0.0214. The predicted octanol–water partition coefficient (Wildman–Crippen LogP) is 4.67. The molecule has 1 saturated heterocycles. The number of ketones is 1. The van der Waals surface area contributed by atoms with Gasteiger partial charge in [0.15, 0.2) is 0 Å². The smallest absolute Gasteiger partial charge is 0.300 e. The molecule has 29 heavy (non-hydrogen) atoms. The topological polar surface area (TPSA) is 77.8 Å². The maximum Gasteiger partial charge on any atom is 0.300 e. The summed E-state index contributed by atoms with van der Waals surface area (Å²) < 4.78 is 0. The SMILES string of the molecule is O=C1C(=O)N(c2cccc(Cl)c2)[C@H](c2ccc(O)cc2)C1=C(O)c1ccccc1. The summed E-state index contributed by atoms with van der Waals surface area (Å²) in [5.74, 6) is -1.75. The first-order valence-electron chi connectivity index (χ1n) is 8.88. The fourth-order valence-electron chi connectivity index (χ4n) is 3.45. The van der Waals surface area contributed by atoms with Crippen molar-refractivity contribution in [3.63, 3.8) is 0 Å². The maximum absolute atomic E-state index is 13.0. The third-order valence-electron chi connectivity index (χ3n) is 4.79. The van der Waals surface area contributed by atoms with Crippen LogP contribution in [-0.2, 0) is 9.59 Å². The predicted molar refractivity (Wildman–Crippen MR) is 111 cm³/mol. The lowest BCUT2D eigenvalue weighted by Crippen LogP contribution is -2.29. The van der Waals surface area contributed by atoms with Gasteiger partial charge in [-0.3, -0.25) is 14.5 Å². The molecule has 1 aliphatic heterocycles. The molecule has 4 rings (SSSR count). The van der Waals surface area contributed by atoms with Crippen molar-refractivity contribution in [1.82, 2.24) is 0 Å². The molecule has 0 aliphatic carbocycles. The Labute approximate surface area is 172 Å². The molecule has 1 aliphatic rings. The van der Waals surface area contributed by atoms with Gasteiger partial charge < -0.3 is 10.2 Å². The summed E-state index contributed by atoms with van der Waals surface area (Å²) in [6.07, 6.45) is 0. The molecule has 1 fully saturated rings. The van der Waals surface area contributed by atoms with Gasteiger partial charge in [-0.1, -0.05) is 60.1 Å². The van der Waals surface area contributed by atoms with Gasteiger partial charge in [-0.25, -0.2) is 0 Å². The molecule has 1 heterocycles. The number of hydrogen-bond acceptors (Lipinski definition) is 4. The van der Waals surface area contributed by atoms with Gasteiger partial charge in [-0.05, 0) is 35.9 Å². The fraction of sp³-hybridized carbons (Fsp3) is 0.0435. The van der Waals surface area contributed by atoms with Crippen LogP contribution >= 0.6 is 11.6 Å². The van der Waals surface area contributed by atoms with Crippen molar-refractivity contribution in [3.8, 4) is 5.75 Å². The van der Waals surface area contributed by atoms with E-state index in [1.807, 2.05) is 0 Å². The Bertz CT molecular complexity index is 1120. The number of phenols is 1. The van der Waals surface area contributed by atoms with Gasteiger partial charge in [0.2, 0.25) is 0 Å². The average molecular weight is 406 g/mol. The maximum atomic E-state index is 13.0. The van der Waals surface area contributed by atoms with Crippen molar-refractivity contribution in [3.05, 3.63) is 101 Å². The molecule has 3 aromatic rings. The number of benzene rings is 3. The van der Waals surface area contributed by atoms with Gasteiger partial charge in [-0.15, -0.1) is 0 Å². The van der Waals surface area contributed by atoms with Gasteiger partial charge in [-0.2, -0.15) is 0 Å². The Morgan fingerprint density at radius 1 is 0.897 bits per heavy atom. The second-order valence-corrected chi connectivity index (χ2v) is 7.04. The fourth-order valence-corrected chi connectivity index (χ4v) is 3.63. The van der Waals surface area contributed by atoms with Crippen molar-refractivity contribution in [1.29, 1.82) is 0 Å². The van der Waals surface area contributed by atoms with Crippen LogP contribution in [0.1, 0.15) is 17.2 Å². The van der Waals surface area contributed by atoms with Crippen LogP contribution in [0.5, 0.6) is 5.75 Å². The first-order valence-corrected chi connectivity index (χ1v) is 9.26. The number of amides is 1. The molecule has 0 bridgehead atoms. The Kier molecular flexibility index (Phi) is 4.82. The second-order valence-electron chi connectivity index (χ2n) is 6.61. The monoisotopic (exact) mass is 405 g/mol. The second kappa shape index (κ2) is 7.45. The van der Waals surface area contributed by atoms with Crippen LogP contribution in [0.25, 0.3) is 5.76 Å². The number of phenolic OH excluding ortho intramolecular Hbond substituents is 1. The minimum Gasteiger partial charge on any atom is -0.508 e. The highest BCUT2D eigenvalue weighted by atomic mass is 35.5. The lowest BCUT2D eigenvalue weighted by Gasteiger charge is -2.25. The molecule has 3 aromatic carbocycles. The third-order valence-corrected chi connectivity index (χ3v) is 5.02. The van der Waals surface area contributed by atoms with E-state index in [9.17, 15) is 19.8 Å². The van der Waals surface area contributed by atoms with E-state index in [0.717, 1.165) is 0 Å². The van der Waals surface area contributed by atoms with E-state index in [1.165, 1.54) is 17.0 Å². The van der Waals surface area contributed by atoms with Crippen LogP contribution < -0.4 is 4.90 Å². The van der Waals surface area contributed by atoms with Gasteiger partial charge in [0, 0.05) is 16.3 Å². The molecular formula is C23H16ClNO4. The number of hydrogen-bond donors (Lipinski definition) is 2. The molecule has 0 aromatic heterocycles. The molecular weight excluding hydrogens is 390 g/mol. The summed E-state index contributed by atoms with van der Waals surface area (Å²) in [6.45, 7) is 0. The number of halogens is 1. The van der Waals surface area contributed by atoms with Crippen molar-refractivity contribution >= 4 is 34.7 Å². The molecule has 144 valence electrons. The Balaban J connectivity index is 1.96. The number of aliphatic hydroxyl groups is 1. The number of nitrogens with zero attached hydrogens (tertiary/aromatic N) is 1. The summed E-state index contributed by atoms with van der Waals surface area (Å²) in [5.41, 5.74) is 1.41. The summed E-state index contributed by atoms with van der Waals surface area (Å²) in [6, 6.07) is 20.5. The largest absolute Gasteiger partial charge is 0.508 e. The van der Waals surface area contributed by atoms with E-state index < -0.39 is 17.7 Å². The molecule has 6 heteroatoms. The Morgan fingerprint density at radius 3 is 2.24 bits per heavy atom. The molecule has 5 nitrogen and oxygen atoms in total. The molecule has 0 saturated carbocycles. The number of carbonyl (C=O) groups excluding carboxylic acids is 2. The van der Waals surface area contributed by atoms with Crippen LogP contribution in [0.2, 0.25) is 5.02 Å². The molecule has 0 spiro atoms. The first kappa shape index (κ1) is 18.8. The standard InChI is InChI=1S/C23H16ClNO4/c24-16-7-4-8-17(13-16)25-20(14-9-11-18(26)12-10-14)19(22(28)23(25)29)21(27)15-5-2-1-3-6-15/h1-13,20,26-27H/t20-/m1/s1. The normalized spacial score (nSPS) is 18.2. The van der Waals surface area contributed by atoms with E-state index in [1.54, 1.807) is 66.7 Å². The summed E-state index contributed by atoms with van der Waals surface area (Å²) in [5, 5.41) is 21.0. The molecule has 2 N–H and O–H groups in total. The minimum atomic E-state index is -0.866. The first-order chi connectivity index (χ1) is 14.0. The summed E-state index contributed by atoms with van der Waals surface area (Å²) in [7, 11) is 0. The van der Waals surface area contributed by atoms with Crippen molar-refractivity contribution in [2.24, 2.45) is 0 Å². The number of Topliss-reactive ketones (excluding diaryl/α,β-unsaturated/α-hetero) is 1. The van der Waals surface area contributed by atoms with Gasteiger partial charge in [0.1, 0.15) is 11.5 Å². The zero-order chi connectivity index (χ0) is 20.5.